The number of hydrogen-bond donors (Lipinski definition) is 1. The van der Waals surface area contributed by atoms with Crippen molar-refractivity contribution in [1.82, 2.24) is 14.5 Å². The number of rotatable bonds is 6. The number of aromatic nitrogens is 2. The normalized spacial score (nSPS) is 12.5. The van der Waals surface area contributed by atoms with Gasteiger partial charge in [0, 0.05) is 33.6 Å². The van der Waals surface area contributed by atoms with Gasteiger partial charge >= 0.3 is 23.7 Å². The van der Waals surface area contributed by atoms with Crippen molar-refractivity contribution in [3.8, 4) is 11.1 Å². The highest BCUT2D eigenvalue weighted by atomic mass is 16.7. The van der Waals surface area contributed by atoms with E-state index in [1.165, 1.54) is 31.5 Å². The highest BCUT2D eigenvalue weighted by Gasteiger charge is 2.23. The Balaban J connectivity index is 2.44. The van der Waals surface area contributed by atoms with Crippen LogP contribution in [0.1, 0.15) is 45.9 Å². The van der Waals surface area contributed by atoms with E-state index in [1.54, 1.807) is 59.0 Å². The van der Waals surface area contributed by atoms with Crippen molar-refractivity contribution < 1.29 is 28.6 Å². The molecule has 36 heavy (non-hydrogen) atoms. The highest BCUT2D eigenvalue weighted by molar-refractivity contribution is 5.97. The molecule has 0 saturated carbocycles. The summed E-state index contributed by atoms with van der Waals surface area (Å²) < 4.78 is 17.5. The largest absolute Gasteiger partial charge is 0.444 e. The Kier molecular flexibility index (Phi) is 8.63. The van der Waals surface area contributed by atoms with Crippen LogP contribution in [0.2, 0.25) is 0 Å². The molecule has 1 amide bonds. The first-order valence-electron chi connectivity index (χ1n) is 11.1. The van der Waals surface area contributed by atoms with E-state index in [0.717, 1.165) is 4.57 Å². The van der Waals surface area contributed by atoms with Crippen LogP contribution in [0.15, 0.2) is 39.6 Å². The lowest BCUT2D eigenvalue weighted by atomic mass is 10.0. The maximum Gasteiger partial charge on any atom is 0.412 e. The van der Waals surface area contributed by atoms with Gasteiger partial charge in [-0.25, -0.2) is 14.4 Å². The number of benzene rings is 1. The van der Waals surface area contributed by atoms with Crippen LogP contribution < -0.4 is 16.6 Å². The van der Waals surface area contributed by atoms with E-state index in [0.29, 0.717) is 22.4 Å². The minimum Gasteiger partial charge on any atom is -0.444 e. The molecule has 2 rings (SSSR count). The molecule has 0 radical (unpaired) electrons. The monoisotopic (exact) mass is 501 g/mol. The van der Waals surface area contributed by atoms with Gasteiger partial charge in [0.2, 0.25) is 6.29 Å². The van der Waals surface area contributed by atoms with Crippen LogP contribution in [0.3, 0.4) is 0 Å². The van der Waals surface area contributed by atoms with Gasteiger partial charge in [0.25, 0.3) is 5.56 Å². The Morgan fingerprint density at radius 2 is 1.58 bits per heavy atom. The van der Waals surface area contributed by atoms with Crippen LogP contribution in [0.5, 0.6) is 0 Å². The third-order valence-electron chi connectivity index (χ3n) is 4.93. The minimum atomic E-state index is -1.19. The molecule has 0 aliphatic carbocycles. The highest BCUT2D eigenvalue weighted by Crippen LogP contribution is 2.20. The van der Waals surface area contributed by atoms with Crippen LogP contribution >= 0.6 is 0 Å². The molecule has 0 aliphatic heterocycles. The van der Waals surface area contributed by atoms with Gasteiger partial charge in [0.1, 0.15) is 11.3 Å². The Hall–Kier alpha value is -4.15. The molecule has 0 spiro atoms. The van der Waals surface area contributed by atoms with E-state index in [4.69, 9.17) is 14.2 Å². The SMILES string of the molecule is CC(=O)OC(C)OC(=O)/C(=C/c1ccc(-c2c(C)n(C)c(=O)n(C)c2=O)cc1)NC(=O)OC(C)(C)C. The summed E-state index contributed by atoms with van der Waals surface area (Å²) >= 11 is 0. The van der Waals surface area contributed by atoms with Gasteiger partial charge in [0.05, 0.1) is 5.56 Å². The Morgan fingerprint density at radius 1 is 1.00 bits per heavy atom. The number of nitrogens with zero attached hydrogens (tertiary/aromatic N) is 2. The van der Waals surface area contributed by atoms with Gasteiger partial charge in [-0.05, 0) is 44.9 Å². The fraction of sp³-hybridized carbons (Fsp3) is 0.400. The molecule has 0 bridgehead atoms. The summed E-state index contributed by atoms with van der Waals surface area (Å²) in [4.78, 5) is 61.0. The zero-order valence-electron chi connectivity index (χ0n) is 21.6. The fourth-order valence-electron chi connectivity index (χ4n) is 3.22. The molecule has 1 aromatic heterocycles. The Morgan fingerprint density at radius 3 is 2.11 bits per heavy atom. The third kappa shape index (κ3) is 7.17. The first-order valence-corrected chi connectivity index (χ1v) is 11.1. The molecular formula is C25H31N3O8. The van der Waals surface area contributed by atoms with Gasteiger partial charge in [-0.1, -0.05) is 24.3 Å². The molecule has 1 heterocycles. The zero-order chi connectivity index (χ0) is 27.4. The second-order valence-corrected chi connectivity index (χ2v) is 9.06. The average molecular weight is 502 g/mol. The van der Waals surface area contributed by atoms with Crippen molar-refractivity contribution in [3.05, 3.63) is 62.1 Å². The maximum absolute atomic E-state index is 12.7. The molecule has 1 N–H and O–H groups in total. The summed E-state index contributed by atoms with van der Waals surface area (Å²) in [6.45, 7) is 9.20. The zero-order valence-corrected chi connectivity index (χ0v) is 21.6. The number of carbonyl (C=O) groups excluding carboxylic acids is 3. The van der Waals surface area contributed by atoms with E-state index in [2.05, 4.69) is 5.32 Å². The number of carbonyl (C=O) groups is 3. The molecule has 11 nitrogen and oxygen atoms in total. The molecule has 2 aromatic rings. The second kappa shape index (κ2) is 11.1. The number of alkyl carbamates (subject to hydrolysis) is 1. The predicted molar refractivity (Wildman–Crippen MR) is 132 cm³/mol. The molecule has 1 aromatic carbocycles. The molecule has 0 saturated heterocycles. The standard InChI is InChI=1S/C25H31N3O8/c1-14-20(21(30)28(8)24(33)27(14)7)18-11-9-17(10-12-18)13-19(26-23(32)36-25(4,5)6)22(31)35-16(3)34-15(2)29/h9-13,16H,1-8H3,(H,26,32)/b19-13-. The first kappa shape index (κ1) is 28.1. The third-order valence-corrected chi connectivity index (χ3v) is 4.93. The van der Waals surface area contributed by atoms with Crippen molar-refractivity contribution in [2.75, 3.05) is 0 Å². The first-order chi connectivity index (χ1) is 16.6. The number of nitrogens with one attached hydrogen (secondary N) is 1. The average Bonchev–Trinajstić information content (AvgIpc) is 2.75. The van der Waals surface area contributed by atoms with Gasteiger partial charge in [-0.15, -0.1) is 0 Å². The Labute approximate surface area is 208 Å². The lowest BCUT2D eigenvalue weighted by molar-refractivity contribution is -0.180. The van der Waals surface area contributed by atoms with Gasteiger partial charge in [0.15, 0.2) is 0 Å². The van der Waals surface area contributed by atoms with E-state index in [1.807, 2.05) is 0 Å². The molecule has 11 heteroatoms. The minimum absolute atomic E-state index is 0.259. The molecule has 194 valence electrons. The van der Waals surface area contributed by atoms with Crippen molar-refractivity contribution >= 4 is 24.1 Å². The van der Waals surface area contributed by atoms with Crippen LogP contribution in [0.25, 0.3) is 17.2 Å². The van der Waals surface area contributed by atoms with Crippen molar-refractivity contribution in [2.45, 2.75) is 53.4 Å². The lowest BCUT2D eigenvalue weighted by Crippen LogP contribution is -2.39. The lowest BCUT2D eigenvalue weighted by Gasteiger charge is -2.20. The van der Waals surface area contributed by atoms with E-state index >= 15 is 0 Å². The van der Waals surface area contributed by atoms with E-state index in [9.17, 15) is 24.0 Å². The maximum atomic E-state index is 12.7. The van der Waals surface area contributed by atoms with Crippen LogP contribution in [-0.4, -0.2) is 39.1 Å². The van der Waals surface area contributed by atoms with E-state index in [-0.39, 0.29) is 5.70 Å². The summed E-state index contributed by atoms with van der Waals surface area (Å²) in [5, 5.41) is 2.36. The number of amides is 1. The molecule has 1 atom stereocenters. The summed E-state index contributed by atoms with van der Waals surface area (Å²) in [7, 11) is 2.98. The van der Waals surface area contributed by atoms with E-state index < -0.39 is 41.2 Å². The summed E-state index contributed by atoms with van der Waals surface area (Å²) in [5.41, 5.74) is -0.0288. The summed E-state index contributed by atoms with van der Waals surface area (Å²) in [6, 6.07) is 6.55. The van der Waals surface area contributed by atoms with Crippen molar-refractivity contribution in [2.24, 2.45) is 14.1 Å². The Bertz CT molecular complexity index is 1310. The van der Waals surface area contributed by atoms with Crippen molar-refractivity contribution in [1.29, 1.82) is 0 Å². The smallest absolute Gasteiger partial charge is 0.412 e. The van der Waals surface area contributed by atoms with Crippen LogP contribution in [0, 0.1) is 6.92 Å². The number of ether oxygens (including phenoxy) is 3. The molecule has 1 unspecified atom stereocenters. The topological polar surface area (TPSA) is 135 Å². The number of esters is 2. The van der Waals surface area contributed by atoms with Gasteiger partial charge < -0.3 is 18.8 Å². The second-order valence-electron chi connectivity index (χ2n) is 9.06. The molecule has 0 aliphatic rings. The number of hydrogen-bond acceptors (Lipinski definition) is 8. The van der Waals surface area contributed by atoms with Crippen molar-refractivity contribution in [3.63, 3.8) is 0 Å². The quantitative estimate of drug-likeness (QED) is 0.362. The van der Waals surface area contributed by atoms with Crippen LogP contribution in [-0.2, 0) is 37.9 Å². The fourth-order valence-corrected chi connectivity index (χ4v) is 3.22. The van der Waals surface area contributed by atoms with Gasteiger partial charge in [-0.3, -0.25) is 19.5 Å². The predicted octanol–water partition coefficient (Wildman–Crippen LogP) is 2.38. The summed E-state index contributed by atoms with van der Waals surface area (Å²) in [6.07, 6.45) is -0.723. The summed E-state index contributed by atoms with van der Waals surface area (Å²) in [5.74, 6) is -1.60. The molecular weight excluding hydrogens is 470 g/mol. The van der Waals surface area contributed by atoms with Gasteiger partial charge in [-0.2, -0.15) is 0 Å². The van der Waals surface area contributed by atoms with Crippen LogP contribution in [0.4, 0.5) is 4.79 Å². The molecule has 0 fully saturated rings.